The van der Waals surface area contributed by atoms with Crippen LogP contribution in [0.25, 0.3) is 5.57 Å². The normalized spacial score (nSPS) is 21.1. The number of rotatable bonds is 6. The van der Waals surface area contributed by atoms with Gasteiger partial charge in [0.2, 0.25) is 5.91 Å². The van der Waals surface area contributed by atoms with Gasteiger partial charge in [-0.25, -0.2) is 4.79 Å². The van der Waals surface area contributed by atoms with E-state index in [0.717, 1.165) is 5.56 Å². The van der Waals surface area contributed by atoms with Crippen molar-refractivity contribution in [2.75, 3.05) is 0 Å². The second-order valence-electron chi connectivity index (χ2n) is 7.50. The number of hydrogen-bond acceptors (Lipinski definition) is 5. The first kappa shape index (κ1) is 19.8. The number of β-lactam (4-membered cyclic amide) rings is 1. The predicted molar refractivity (Wildman–Crippen MR) is 107 cm³/mol. The summed E-state index contributed by atoms with van der Waals surface area (Å²) in [5.41, 5.74) is 2.53. The van der Waals surface area contributed by atoms with E-state index in [0.29, 0.717) is 23.1 Å². The minimum Gasteiger partial charge on any atom is -0.477 e. The van der Waals surface area contributed by atoms with Crippen LogP contribution in [0.2, 0.25) is 0 Å². The molecule has 4 rings (SSSR count). The molecule has 8 nitrogen and oxygen atoms in total. The largest absolute Gasteiger partial charge is 0.477 e. The Bertz CT molecular complexity index is 1050. The first-order chi connectivity index (χ1) is 14.4. The molecule has 30 heavy (non-hydrogen) atoms. The molecule has 8 heteroatoms. The number of aliphatic hydroxyl groups is 1. The van der Waals surface area contributed by atoms with Crippen molar-refractivity contribution in [2.24, 2.45) is 5.92 Å². The topological polar surface area (TPSA) is 120 Å². The van der Waals surface area contributed by atoms with E-state index < -0.39 is 18.0 Å². The maximum atomic E-state index is 12.4. The highest BCUT2D eigenvalue weighted by Crippen LogP contribution is 2.46. The van der Waals surface area contributed by atoms with Gasteiger partial charge in [0.1, 0.15) is 5.70 Å². The van der Waals surface area contributed by atoms with Crippen molar-refractivity contribution in [3.05, 3.63) is 71.2 Å². The third kappa shape index (κ3) is 3.35. The van der Waals surface area contributed by atoms with Crippen LogP contribution in [0.3, 0.4) is 0 Å². The van der Waals surface area contributed by atoms with Gasteiger partial charge < -0.3 is 20.4 Å². The minimum atomic E-state index is -1.17. The van der Waals surface area contributed by atoms with Crippen LogP contribution in [0.4, 0.5) is 0 Å². The van der Waals surface area contributed by atoms with E-state index in [1.807, 2.05) is 12.1 Å². The average molecular weight is 407 g/mol. The molecule has 0 aliphatic carbocycles. The molecule has 2 aliphatic heterocycles. The summed E-state index contributed by atoms with van der Waals surface area (Å²) in [6.07, 6.45) is 2.63. The molecule has 0 radical (unpaired) electrons. The van der Waals surface area contributed by atoms with Crippen molar-refractivity contribution < 1.29 is 24.6 Å². The van der Waals surface area contributed by atoms with Gasteiger partial charge in [-0.2, -0.15) is 0 Å². The number of fused-ring (bicyclic) bond motifs is 1. The molecule has 3 N–H and O–H groups in total. The lowest BCUT2D eigenvalue weighted by Crippen LogP contribution is -2.61. The number of aliphatic hydroxyl groups excluding tert-OH is 1. The molecule has 3 atom stereocenters. The number of nitrogens with zero attached hydrogens (tertiary/aromatic N) is 2. The van der Waals surface area contributed by atoms with Crippen molar-refractivity contribution in [1.82, 2.24) is 15.2 Å². The van der Waals surface area contributed by atoms with E-state index in [2.05, 4.69) is 10.3 Å². The number of carboxylic acid groups (broad SMARTS) is 1. The number of carbonyl (C=O) groups is 3. The lowest BCUT2D eigenvalue weighted by Gasteiger charge is -2.44. The molecule has 154 valence electrons. The summed E-state index contributed by atoms with van der Waals surface area (Å²) >= 11 is 0. The first-order valence-electron chi connectivity index (χ1n) is 9.63. The number of aromatic nitrogens is 1. The molecule has 0 unspecified atom stereocenters. The third-order valence-corrected chi connectivity index (χ3v) is 5.60. The predicted octanol–water partition coefficient (Wildman–Crippen LogP) is 1.42. The Balaban J connectivity index is 1.55. The monoisotopic (exact) mass is 407 g/mol. The lowest BCUT2D eigenvalue weighted by atomic mass is 9.82. The summed E-state index contributed by atoms with van der Waals surface area (Å²) in [6.45, 7) is 1.82. The van der Waals surface area contributed by atoms with Crippen molar-refractivity contribution >= 4 is 23.4 Å². The molecule has 2 aromatic rings. The van der Waals surface area contributed by atoms with E-state index in [1.54, 1.807) is 43.6 Å². The average Bonchev–Trinajstić information content (AvgIpc) is 3.08. The van der Waals surface area contributed by atoms with Crippen LogP contribution in [0.5, 0.6) is 0 Å². The Hall–Kier alpha value is -3.52. The first-order valence-corrected chi connectivity index (χ1v) is 9.63. The summed E-state index contributed by atoms with van der Waals surface area (Å²) < 4.78 is 0. The lowest BCUT2D eigenvalue weighted by molar-refractivity contribution is -0.161. The summed E-state index contributed by atoms with van der Waals surface area (Å²) in [5.74, 6) is -2.34. The summed E-state index contributed by atoms with van der Waals surface area (Å²) in [7, 11) is 0. The maximum Gasteiger partial charge on any atom is 0.352 e. The zero-order chi connectivity index (χ0) is 21.4. The summed E-state index contributed by atoms with van der Waals surface area (Å²) in [4.78, 5) is 41.7. The van der Waals surface area contributed by atoms with Crippen LogP contribution in [0.15, 0.2) is 54.5 Å². The van der Waals surface area contributed by atoms with Gasteiger partial charge in [-0.3, -0.25) is 14.6 Å². The van der Waals surface area contributed by atoms with E-state index in [-0.39, 0.29) is 30.1 Å². The highest BCUT2D eigenvalue weighted by Gasteiger charge is 2.56. The van der Waals surface area contributed by atoms with Gasteiger partial charge in [-0.1, -0.05) is 18.2 Å². The fourth-order valence-electron chi connectivity index (χ4n) is 4.18. The minimum absolute atomic E-state index is 0.0279. The Kier molecular flexibility index (Phi) is 5.09. The van der Waals surface area contributed by atoms with E-state index in [4.69, 9.17) is 0 Å². The SMILES string of the molecule is C[C@@H](O)[C@H]1C(=O)N2C(C(=O)O)=C(c3cccc(CNC(=O)c4ccncc4)c3)C[C@H]12. The number of benzene rings is 1. The van der Waals surface area contributed by atoms with E-state index in [1.165, 1.54) is 4.90 Å². The molecular formula is C22H21N3O5. The number of aliphatic carboxylic acids is 1. The molecule has 2 aliphatic rings. The number of pyridine rings is 1. The van der Waals surface area contributed by atoms with Gasteiger partial charge in [-0.15, -0.1) is 0 Å². The molecule has 1 aromatic heterocycles. The number of amides is 2. The maximum absolute atomic E-state index is 12.4. The van der Waals surface area contributed by atoms with Crippen LogP contribution in [-0.2, 0) is 16.1 Å². The molecule has 0 saturated carbocycles. The molecule has 0 bridgehead atoms. The van der Waals surface area contributed by atoms with Gasteiger partial charge in [0.25, 0.3) is 5.91 Å². The molecule has 2 amide bonds. The van der Waals surface area contributed by atoms with Crippen molar-refractivity contribution in [3.8, 4) is 0 Å². The summed E-state index contributed by atoms with van der Waals surface area (Å²) in [6, 6.07) is 10.1. The van der Waals surface area contributed by atoms with Crippen LogP contribution in [0, 0.1) is 5.92 Å². The highest BCUT2D eigenvalue weighted by atomic mass is 16.4. The van der Waals surface area contributed by atoms with E-state index in [9.17, 15) is 24.6 Å². The van der Waals surface area contributed by atoms with Gasteiger partial charge in [0.05, 0.1) is 18.1 Å². The fraction of sp³-hybridized carbons (Fsp3) is 0.273. The van der Waals surface area contributed by atoms with E-state index >= 15 is 0 Å². The number of carboxylic acids is 1. The molecule has 0 spiro atoms. The van der Waals surface area contributed by atoms with Crippen LogP contribution in [0.1, 0.15) is 34.8 Å². The van der Waals surface area contributed by atoms with Crippen LogP contribution < -0.4 is 5.32 Å². The van der Waals surface area contributed by atoms with Crippen molar-refractivity contribution in [3.63, 3.8) is 0 Å². The summed E-state index contributed by atoms with van der Waals surface area (Å²) in [5, 5.41) is 22.4. The standard InChI is InChI=1S/C22H21N3O5/c1-12(26)18-17-10-16(19(22(29)30)25(17)21(18)28)15-4-2-3-13(9-15)11-24-20(27)14-5-7-23-8-6-14/h2-9,12,17-18,26H,10-11H2,1H3,(H,24,27)(H,29,30)/t12-,17-,18-/m1/s1. The van der Waals surface area contributed by atoms with Gasteiger partial charge >= 0.3 is 5.97 Å². The quantitative estimate of drug-likeness (QED) is 0.623. The van der Waals surface area contributed by atoms with Gasteiger partial charge in [0.15, 0.2) is 0 Å². The number of hydrogen-bond donors (Lipinski definition) is 3. The number of nitrogens with one attached hydrogen (secondary N) is 1. The fourth-order valence-corrected chi connectivity index (χ4v) is 4.18. The van der Waals surface area contributed by atoms with Crippen LogP contribution in [-0.4, -0.2) is 50.0 Å². The Morgan fingerprint density at radius 1 is 1.27 bits per heavy atom. The Labute approximate surface area is 172 Å². The smallest absolute Gasteiger partial charge is 0.352 e. The number of carbonyl (C=O) groups excluding carboxylic acids is 2. The second-order valence-corrected chi connectivity index (χ2v) is 7.50. The van der Waals surface area contributed by atoms with Crippen molar-refractivity contribution in [1.29, 1.82) is 0 Å². The molecule has 1 saturated heterocycles. The van der Waals surface area contributed by atoms with Gasteiger partial charge in [-0.05, 0) is 48.2 Å². The molecule has 1 aromatic carbocycles. The zero-order valence-electron chi connectivity index (χ0n) is 16.3. The Morgan fingerprint density at radius 2 is 2.00 bits per heavy atom. The second kappa shape index (κ2) is 7.72. The van der Waals surface area contributed by atoms with Crippen LogP contribution >= 0.6 is 0 Å². The molecule has 1 fully saturated rings. The van der Waals surface area contributed by atoms with Crippen molar-refractivity contribution in [2.45, 2.75) is 32.0 Å². The molecular weight excluding hydrogens is 386 g/mol. The highest BCUT2D eigenvalue weighted by molar-refractivity contribution is 6.06. The Morgan fingerprint density at radius 3 is 2.67 bits per heavy atom. The third-order valence-electron chi connectivity index (χ3n) is 5.60. The molecule has 3 heterocycles. The zero-order valence-corrected chi connectivity index (χ0v) is 16.3. The van der Waals surface area contributed by atoms with Gasteiger partial charge in [0, 0.05) is 24.5 Å².